The lowest BCUT2D eigenvalue weighted by molar-refractivity contribution is 0.0378. The standard InChI is InChI=1S/C29H37N3O3/c1-21(2)35-29(33)27-9-6-10-30-28(27)32-13-11-31(12-14-32)19-24-7-5-8-26(18-24)34-20-25-16-22(3)15-23(4)17-25/h5-10,16-18,21-22H,11-15,19-20H2,1-4H3. The number of hydrogen-bond acceptors (Lipinski definition) is 6. The summed E-state index contributed by atoms with van der Waals surface area (Å²) in [5, 5.41) is 0. The van der Waals surface area contributed by atoms with Gasteiger partial charge in [-0.15, -0.1) is 0 Å². The smallest absolute Gasteiger partial charge is 0.342 e. The van der Waals surface area contributed by atoms with Crippen LogP contribution in [0.3, 0.4) is 0 Å². The average Bonchev–Trinajstić information content (AvgIpc) is 2.82. The van der Waals surface area contributed by atoms with E-state index >= 15 is 0 Å². The van der Waals surface area contributed by atoms with E-state index in [1.807, 2.05) is 19.9 Å². The highest BCUT2D eigenvalue weighted by Gasteiger charge is 2.24. The van der Waals surface area contributed by atoms with Crippen LogP contribution in [0.5, 0.6) is 5.75 Å². The van der Waals surface area contributed by atoms with Crippen molar-refractivity contribution in [1.82, 2.24) is 9.88 Å². The van der Waals surface area contributed by atoms with E-state index in [-0.39, 0.29) is 12.1 Å². The summed E-state index contributed by atoms with van der Waals surface area (Å²) in [4.78, 5) is 21.6. The first kappa shape index (κ1) is 25.0. The zero-order valence-electron chi connectivity index (χ0n) is 21.4. The lowest BCUT2D eigenvalue weighted by atomic mass is 9.93. The number of piperazine rings is 1. The molecular formula is C29H37N3O3. The molecule has 0 radical (unpaired) electrons. The Hall–Kier alpha value is -3.12. The predicted octanol–water partition coefficient (Wildman–Crippen LogP) is 5.26. The summed E-state index contributed by atoms with van der Waals surface area (Å²) < 4.78 is 11.5. The number of esters is 1. The molecular weight excluding hydrogens is 438 g/mol. The van der Waals surface area contributed by atoms with Crippen molar-refractivity contribution >= 4 is 11.8 Å². The molecule has 2 aliphatic rings. The minimum absolute atomic E-state index is 0.157. The second-order valence-electron chi connectivity index (χ2n) is 9.94. The molecule has 4 rings (SSSR count). The van der Waals surface area contributed by atoms with Crippen LogP contribution in [0, 0.1) is 5.92 Å². The molecule has 35 heavy (non-hydrogen) atoms. The van der Waals surface area contributed by atoms with Gasteiger partial charge in [-0.1, -0.05) is 36.8 Å². The summed E-state index contributed by atoms with van der Waals surface area (Å²) in [6, 6.07) is 12.0. The summed E-state index contributed by atoms with van der Waals surface area (Å²) in [5.74, 6) is 1.88. The second-order valence-corrected chi connectivity index (χ2v) is 9.94. The van der Waals surface area contributed by atoms with E-state index in [2.05, 4.69) is 59.0 Å². The van der Waals surface area contributed by atoms with Gasteiger partial charge < -0.3 is 14.4 Å². The van der Waals surface area contributed by atoms with Crippen molar-refractivity contribution in [2.75, 3.05) is 37.7 Å². The number of anilines is 1. The molecule has 0 bridgehead atoms. The second kappa shape index (κ2) is 11.5. The van der Waals surface area contributed by atoms with Gasteiger partial charge in [0.1, 0.15) is 23.7 Å². The van der Waals surface area contributed by atoms with Gasteiger partial charge in [0.15, 0.2) is 0 Å². The topological polar surface area (TPSA) is 54.9 Å². The Morgan fingerprint density at radius 3 is 2.69 bits per heavy atom. The van der Waals surface area contributed by atoms with E-state index < -0.39 is 0 Å². The van der Waals surface area contributed by atoms with Gasteiger partial charge in [0.2, 0.25) is 0 Å². The van der Waals surface area contributed by atoms with Gasteiger partial charge >= 0.3 is 5.97 Å². The molecule has 1 unspecified atom stereocenters. The first-order chi connectivity index (χ1) is 16.9. The van der Waals surface area contributed by atoms with Crippen molar-refractivity contribution in [3.8, 4) is 5.75 Å². The van der Waals surface area contributed by atoms with Crippen LogP contribution in [0.15, 0.2) is 65.9 Å². The molecule has 0 spiro atoms. The SMILES string of the molecule is CC1=CC(COc2cccc(CN3CCN(c4ncccc4C(=O)OC(C)C)CC3)c2)=CC(C)C1. The normalized spacial score (nSPS) is 18.8. The molecule has 2 aromatic rings. The first-order valence-electron chi connectivity index (χ1n) is 12.6. The molecule has 2 heterocycles. The molecule has 1 aliphatic carbocycles. The maximum Gasteiger partial charge on any atom is 0.342 e. The Morgan fingerprint density at radius 2 is 1.94 bits per heavy atom. The van der Waals surface area contributed by atoms with Crippen molar-refractivity contribution in [3.63, 3.8) is 0 Å². The third-order valence-electron chi connectivity index (χ3n) is 6.31. The maximum absolute atomic E-state index is 12.5. The van der Waals surface area contributed by atoms with E-state index in [1.165, 1.54) is 16.7 Å². The van der Waals surface area contributed by atoms with E-state index in [0.717, 1.165) is 44.9 Å². The fourth-order valence-corrected chi connectivity index (χ4v) is 4.81. The molecule has 6 nitrogen and oxygen atoms in total. The third-order valence-corrected chi connectivity index (χ3v) is 6.31. The molecule has 1 aliphatic heterocycles. The highest BCUT2D eigenvalue weighted by molar-refractivity contribution is 5.94. The van der Waals surface area contributed by atoms with Crippen LogP contribution in [-0.4, -0.2) is 54.7 Å². The molecule has 186 valence electrons. The van der Waals surface area contributed by atoms with Gasteiger partial charge in [-0.3, -0.25) is 4.90 Å². The van der Waals surface area contributed by atoms with Crippen LogP contribution in [0.25, 0.3) is 0 Å². The monoisotopic (exact) mass is 475 g/mol. The Bertz CT molecular complexity index is 1080. The molecule has 6 heteroatoms. The van der Waals surface area contributed by atoms with Crippen molar-refractivity contribution in [1.29, 1.82) is 0 Å². The van der Waals surface area contributed by atoms with Crippen LogP contribution in [0.2, 0.25) is 0 Å². The molecule has 0 amide bonds. The number of pyridine rings is 1. The summed E-state index contributed by atoms with van der Waals surface area (Å²) >= 11 is 0. The number of hydrogen-bond donors (Lipinski definition) is 0. The fraction of sp³-hybridized carbons (Fsp3) is 0.448. The number of nitrogens with zero attached hydrogens (tertiary/aromatic N) is 3. The number of benzene rings is 1. The summed E-state index contributed by atoms with van der Waals surface area (Å²) in [5.41, 5.74) is 4.45. The van der Waals surface area contributed by atoms with Gasteiger partial charge in [-0.25, -0.2) is 9.78 Å². The molecule has 0 saturated carbocycles. The van der Waals surface area contributed by atoms with Gasteiger partial charge in [0.05, 0.1) is 6.10 Å². The zero-order valence-corrected chi connectivity index (χ0v) is 21.4. The number of ether oxygens (including phenoxy) is 2. The first-order valence-corrected chi connectivity index (χ1v) is 12.6. The molecule has 1 aromatic carbocycles. The summed E-state index contributed by atoms with van der Waals surface area (Å²) in [6.07, 6.45) is 7.27. The van der Waals surface area contributed by atoms with Crippen LogP contribution in [-0.2, 0) is 11.3 Å². The molecule has 1 atom stereocenters. The quantitative estimate of drug-likeness (QED) is 0.486. The van der Waals surface area contributed by atoms with E-state index in [0.29, 0.717) is 23.9 Å². The minimum Gasteiger partial charge on any atom is -0.489 e. The van der Waals surface area contributed by atoms with Crippen LogP contribution in [0.4, 0.5) is 5.82 Å². The average molecular weight is 476 g/mol. The Labute approximate surface area is 209 Å². The Balaban J connectivity index is 1.32. The largest absolute Gasteiger partial charge is 0.489 e. The number of rotatable bonds is 8. The maximum atomic E-state index is 12.5. The molecule has 0 N–H and O–H groups in total. The van der Waals surface area contributed by atoms with Crippen LogP contribution in [0.1, 0.15) is 50.0 Å². The molecule has 1 fully saturated rings. The van der Waals surface area contributed by atoms with Crippen molar-refractivity contribution in [2.45, 2.75) is 46.8 Å². The highest BCUT2D eigenvalue weighted by Crippen LogP contribution is 2.24. The van der Waals surface area contributed by atoms with E-state index in [1.54, 1.807) is 18.3 Å². The minimum atomic E-state index is -0.313. The van der Waals surface area contributed by atoms with Crippen LogP contribution >= 0.6 is 0 Å². The summed E-state index contributed by atoms with van der Waals surface area (Å²) in [7, 11) is 0. The van der Waals surface area contributed by atoms with Gasteiger partial charge in [0.25, 0.3) is 0 Å². The Morgan fingerprint density at radius 1 is 1.14 bits per heavy atom. The van der Waals surface area contributed by atoms with E-state index in [4.69, 9.17) is 9.47 Å². The van der Waals surface area contributed by atoms with Crippen LogP contribution < -0.4 is 9.64 Å². The lowest BCUT2D eigenvalue weighted by Gasteiger charge is -2.36. The number of allylic oxidation sites excluding steroid dienone is 2. The van der Waals surface area contributed by atoms with Gasteiger partial charge in [-0.05, 0) is 68.5 Å². The molecule has 1 saturated heterocycles. The number of carbonyl (C=O) groups is 1. The number of aromatic nitrogens is 1. The van der Waals surface area contributed by atoms with Gasteiger partial charge in [-0.2, -0.15) is 0 Å². The van der Waals surface area contributed by atoms with Gasteiger partial charge in [0, 0.05) is 38.9 Å². The predicted molar refractivity (Wildman–Crippen MR) is 140 cm³/mol. The highest BCUT2D eigenvalue weighted by atomic mass is 16.5. The zero-order chi connectivity index (χ0) is 24.8. The molecule has 1 aromatic heterocycles. The third kappa shape index (κ3) is 6.95. The number of carbonyl (C=O) groups excluding carboxylic acids is 1. The Kier molecular flexibility index (Phi) is 8.24. The van der Waals surface area contributed by atoms with Crippen molar-refractivity contribution in [2.24, 2.45) is 5.92 Å². The lowest BCUT2D eigenvalue weighted by Crippen LogP contribution is -2.46. The van der Waals surface area contributed by atoms with E-state index in [9.17, 15) is 4.79 Å². The fourth-order valence-electron chi connectivity index (χ4n) is 4.81. The van der Waals surface area contributed by atoms with Crippen molar-refractivity contribution < 1.29 is 14.3 Å². The van der Waals surface area contributed by atoms with Crippen molar-refractivity contribution in [3.05, 3.63) is 77.0 Å². The summed E-state index contributed by atoms with van der Waals surface area (Å²) in [6.45, 7) is 13.1.